The first kappa shape index (κ1) is 15.1. The second kappa shape index (κ2) is 6.93. The Bertz CT molecular complexity index is 600. The highest BCUT2D eigenvalue weighted by Crippen LogP contribution is 2.20. The highest BCUT2D eigenvalue weighted by Gasteiger charge is 2.11. The minimum Gasteiger partial charge on any atom is -0.489 e. The van der Waals surface area contributed by atoms with Gasteiger partial charge in [-0.15, -0.1) is 0 Å². The van der Waals surface area contributed by atoms with Crippen LogP contribution in [0.15, 0.2) is 48.5 Å². The number of ether oxygens (including phenoxy) is 2. The van der Waals surface area contributed by atoms with Gasteiger partial charge in [0.05, 0.1) is 12.7 Å². The van der Waals surface area contributed by atoms with E-state index < -0.39 is 0 Å². The van der Waals surface area contributed by atoms with Gasteiger partial charge in [0.25, 0.3) is 0 Å². The molecule has 0 amide bonds. The molecule has 0 fully saturated rings. The Balaban J connectivity index is 2.08. The van der Waals surface area contributed by atoms with Crippen LogP contribution in [0.2, 0.25) is 0 Å². The molecule has 2 rings (SSSR count). The van der Waals surface area contributed by atoms with Gasteiger partial charge < -0.3 is 9.47 Å². The van der Waals surface area contributed by atoms with E-state index in [2.05, 4.69) is 26.0 Å². The molecule has 21 heavy (non-hydrogen) atoms. The zero-order valence-electron chi connectivity index (χ0n) is 12.6. The molecule has 0 saturated heterocycles. The Morgan fingerprint density at radius 2 is 1.71 bits per heavy atom. The van der Waals surface area contributed by atoms with Crippen molar-refractivity contribution in [1.82, 2.24) is 0 Å². The summed E-state index contributed by atoms with van der Waals surface area (Å²) < 4.78 is 10.5. The first-order valence-electron chi connectivity index (χ1n) is 7.00. The van der Waals surface area contributed by atoms with Crippen molar-refractivity contribution < 1.29 is 14.3 Å². The van der Waals surface area contributed by atoms with E-state index in [4.69, 9.17) is 9.47 Å². The van der Waals surface area contributed by atoms with Crippen LogP contribution in [-0.2, 0) is 11.3 Å². The Morgan fingerprint density at radius 3 is 2.33 bits per heavy atom. The average Bonchev–Trinajstić information content (AvgIpc) is 2.52. The highest BCUT2D eigenvalue weighted by atomic mass is 16.5. The summed E-state index contributed by atoms with van der Waals surface area (Å²) in [6.45, 7) is 4.65. The largest absolute Gasteiger partial charge is 0.489 e. The zero-order chi connectivity index (χ0) is 15.2. The smallest absolute Gasteiger partial charge is 0.338 e. The van der Waals surface area contributed by atoms with Gasteiger partial charge in [-0.3, -0.25) is 0 Å². The molecule has 0 unspecified atom stereocenters. The lowest BCUT2D eigenvalue weighted by Crippen LogP contribution is -2.07. The van der Waals surface area contributed by atoms with Gasteiger partial charge in [-0.05, 0) is 29.7 Å². The lowest BCUT2D eigenvalue weighted by Gasteiger charge is -2.11. The van der Waals surface area contributed by atoms with Gasteiger partial charge in [0.15, 0.2) is 0 Å². The molecule has 0 aliphatic carbocycles. The third-order valence-corrected chi connectivity index (χ3v) is 3.36. The molecule has 0 saturated carbocycles. The van der Waals surface area contributed by atoms with Crippen LogP contribution >= 0.6 is 0 Å². The van der Waals surface area contributed by atoms with E-state index in [-0.39, 0.29) is 5.97 Å². The Labute approximate surface area is 125 Å². The van der Waals surface area contributed by atoms with E-state index >= 15 is 0 Å². The predicted octanol–water partition coefficient (Wildman–Crippen LogP) is 4.18. The summed E-state index contributed by atoms with van der Waals surface area (Å²) in [5.41, 5.74) is 2.63. The van der Waals surface area contributed by atoms with Gasteiger partial charge in [0.2, 0.25) is 0 Å². The van der Waals surface area contributed by atoms with Gasteiger partial charge in [0, 0.05) is 5.56 Å². The Kier molecular flexibility index (Phi) is 4.99. The summed E-state index contributed by atoms with van der Waals surface area (Å²) in [7, 11) is 1.38. The van der Waals surface area contributed by atoms with Gasteiger partial charge in [-0.25, -0.2) is 4.79 Å². The number of methoxy groups -OCH3 is 1. The first-order chi connectivity index (χ1) is 10.1. The molecular weight excluding hydrogens is 264 g/mol. The molecule has 0 atom stereocenters. The van der Waals surface area contributed by atoms with Crippen LogP contribution in [-0.4, -0.2) is 13.1 Å². The molecule has 0 N–H and O–H groups in total. The van der Waals surface area contributed by atoms with Crippen LogP contribution in [0.1, 0.15) is 41.3 Å². The summed E-state index contributed by atoms with van der Waals surface area (Å²) >= 11 is 0. The second-order valence-corrected chi connectivity index (χ2v) is 5.16. The summed E-state index contributed by atoms with van der Waals surface area (Å²) in [5, 5.41) is 0. The van der Waals surface area contributed by atoms with Gasteiger partial charge in [-0.2, -0.15) is 0 Å². The maximum atomic E-state index is 11.7. The first-order valence-corrected chi connectivity index (χ1v) is 7.00. The fourth-order valence-corrected chi connectivity index (χ4v) is 2.07. The standard InChI is InChI=1S/C18H20O3/c1-13(2)14-8-10-16(11-9-14)21-12-15-6-4-5-7-17(15)18(19)20-3/h4-11,13H,12H2,1-3H3. The second-order valence-electron chi connectivity index (χ2n) is 5.16. The van der Waals surface area contributed by atoms with E-state index in [1.807, 2.05) is 30.3 Å². The molecular formula is C18H20O3. The molecule has 0 aliphatic heterocycles. The highest BCUT2D eigenvalue weighted by molar-refractivity contribution is 5.90. The molecule has 3 heteroatoms. The molecule has 0 aromatic heterocycles. The maximum Gasteiger partial charge on any atom is 0.338 e. The van der Waals surface area contributed by atoms with Crippen LogP contribution in [0.3, 0.4) is 0 Å². The summed E-state index contributed by atoms with van der Waals surface area (Å²) in [6, 6.07) is 15.3. The van der Waals surface area contributed by atoms with E-state index in [9.17, 15) is 4.79 Å². The van der Waals surface area contributed by atoms with Gasteiger partial charge >= 0.3 is 5.97 Å². The van der Waals surface area contributed by atoms with E-state index in [1.165, 1.54) is 12.7 Å². The molecule has 2 aromatic rings. The average molecular weight is 284 g/mol. The maximum absolute atomic E-state index is 11.7. The molecule has 0 spiro atoms. The minimum atomic E-state index is -0.343. The minimum absolute atomic E-state index is 0.340. The number of benzene rings is 2. The normalized spacial score (nSPS) is 10.5. The van der Waals surface area contributed by atoms with Crippen molar-refractivity contribution >= 4 is 5.97 Å². The van der Waals surface area contributed by atoms with Gasteiger partial charge in [-0.1, -0.05) is 44.2 Å². The predicted molar refractivity (Wildman–Crippen MR) is 82.6 cm³/mol. The third kappa shape index (κ3) is 3.85. The molecule has 0 radical (unpaired) electrons. The van der Waals surface area contributed by atoms with Crippen molar-refractivity contribution in [3.05, 3.63) is 65.2 Å². The van der Waals surface area contributed by atoms with E-state index in [0.29, 0.717) is 18.1 Å². The number of carbonyl (C=O) groups excluding carboxylic acids is 1. The molecule has 0 aliphatic rings. The third-order valence-electron chi connectivity index (χ3n) is 3.36. The molecule has 0 bridgehead atoms. The topological polar surface area (TPSA) is 35.5 Å². The van der Waals surface area contributed by atoms with Crippen molar-refractivity contribution in [1.29, 1.82) is 0 Å². The van der Waals surface area contributed by atoms with E-state index in [1.54, 1.807) is 6.07 Å². The van der Waals surface area contributed by atoms with Crippen molar-refractivity contribution in [3.8, 4) is 5.75 Å². The van der Waals surface area contributed by atoms with E-state index in [0.717, 1.165) is 11.3 Å². The van der Waals surface area contributed by atoms with Crippen LogP contribution in [0.5, 0.6) is 5.75 Å². The summed E-state index contributed by atoms with van der Waals surface area (Å²) in [6.07, 6.45) is 0. The molecule has 2 aromatic carbocycles. The molecule has 0 heterocycles. The monoisotopic (exact) mass is 284 g/mol. The van der Waals surface area contributed by atoms with Crippen molar-refractivity contribution in [2.24, 2.45) is 0 Å². The lowest BCUT2D eigenvalue weighted by atomic mass is 10.0. The fraction of sp³-hybridized carbons (Fsp3) is 0.278. The van der Waals surface area contributed by atoms with Crippen LogP contribution in [0.4, 0.5) is 0 Å². The van der Waals surface area contributed by atoms with Crippen LogP contribution in [0.25, 0.3) is 0 Å². The quantitative estimate of drug-likeness (QED) is 0.773. The van der Waals surface area contributed by atoms with Crippen molar-refractivity contribution in [3.63, 3.8) is 0 Å². The van der Waals surface area contributed by atoms with Crippen molar-refractivity contribution in [2.45, 2.75) is 26.4 Å². The number of carbonyl (C=O) groups is 1. The fourth-order valence-electron chi connectivity index (χ4n) is 2.07. The Hall–Kier alpha value is -2.29. The molecule has 3 nitrogen and oxygen atoms in total. The molecule has 110 valence electrons. The zero-order valence-corrected chi connectivity index (χ0v) is 12.6. The summed E-state index contributed by atoms with van der Waals surface area (Å²) in [5.74, 6) is 0.947. The van der Waals surface area contributed by atoms with Crippen LogP contribution < -0.4 is 4.74 Å². The number of hydrogen-bond donors (Lipinski definition) is 0. The lowest BCUT2D eigenvalue weighted by molar-refractivity contribution is 0.0597. The number of esters is 1. The van der Waals surface area contributed by atoms with Crippen LogP contribution in [0, 0.1) is 0 Å². The SMILES string of the molecule is COC(=O)c1ccccc1COc1ccc(C(C)C)cc1. The summed E-state index contributed by atoms with van der Waals surface area (Å²) in [4.78, 5) is 11.7. The number of rotatable bonds is 5. The number of hydrogen-bond acceptors (Lipinski definition) is 3. The van der Waals surface area contributed by atoms with Gasteiger partial charge in [0.1, 0.15) is 12.4 Å². The van der Waals surface area contributed by atoms with Crippen molar-refractivity contribution in [2.75, 3.05) is 7.11 Å². The Morgan fingerprint density at radius 1 is 1.05 bits per heavy atom.